The number of phenols is 1. The molecule has 20 heavy (non-hydrogen) atoms. The van der Waals surface area contributed by atoms with Crippen molar-refractivity contribution in [3.8, 4) is 11.8 Å². The molecule has 3 rings (SSSR count). The molecule has 2 nitrogen and oxygen atoms in total. The van der Waals surface area contributed by atoms with E-state index in [1.165, 1.54) is 11.1 Å². The number of aromatic hydroxyl groups is 1. The van der Waals surface area contributed by atoms with Gasteiger partial charge in [-0.25, -0.2) is 0 Å². The fourth-order valence-corrected chi connectivity index (χ4v) is 3.14. The highest BCUT2D eigenvalue weighted by atomic mass is 16.3. The molecular formula is C18H17NO. The summed E-state index contributed by atoms with van der Waals surface area (Å²) in [5.41, 5.74) is 3.35. The lowest BCUT2D eigenvalue weighted by atomic mass is 9.69. The van der Waals surface area contributed by atoms with Crippen molar-refractivity contribution in [1.82, 2.24) is 0 Å². The molecule has 0 bridgehead atoms. The van der Waals surface area contributed by atoms with Crippen molar-refractivity contribution >= 4 is 0 Å². The Labute approximate surface area is 119 Å². The normalized spacial score (nSPS) is 20.9. The molecule has 0 amide bonds. The van der Waals surface area contributed by atoms with Gasteiger partial charge in [-0.1, -0.05) is 36.4 Å². The second-order valence-corrected chi connectivity index (χ2v) is 5.68. The predicted molar refractivity (Wildman–Crippen MR) is 78.3 cm³/mol. The molecule has 0 radical (unpaired) electrons. The van der Waals surface area contributed by atoms with Crippen LogP contribution in [0.2, 0.25) is 0 Å². The van der Waals surface area contributed by atoms with Crippen LogP contribution < -0.4 is 0 Å². The monoisotopic (exact) mass is 263 g/mol. The molecule has 0 spiro atoms. The molecule has 1 aliphatic carbocycles. The van der Waals surface area contributed by atoms with Gasteiger partial charge in [0.1, 0.15) is 5.75 Å². The van der Waals surface area contributed by atoms with Crippen molar-refractivity contribution in [3.63, 3.8) is 0 Å². The minimum atomic E-state index is -0.345. The largest absolute Gasteiger partial charge is 0.508 e. The summed E-state index contributed by atoms with van der Waals surface area (Å²) in [6, 6.07) is 18.2. The molecule has 2 aromatic carbocycles. The number of hydrogen-bond donors (Lipinski definition) is 1. The third kappa shape index (κ3) is 2.40. The summed E-state index contributed by atoms with van der Waals surface area (Å²) in [5.74, 6) is 0.270. The minimum Gasteiger partial charge on any atom is -0.508 e. The minimum absolute atomic E-state index is 0.270. The van der Waals surface area contributed by atoms with E-state index < -0.39 is 0 Å². The van der Waals surface area contributed by atoms with E-state index in [1.54, 1.807) is 12.1 Å². The molecule has 0 aliphatic heterocycles. The van der Waals surface area contributed by atoms with Gasteiger partial charge >= 0.3 is 0 Å². The molecule has 1 N–H and O–H groups in total. The van der Waals surface area contributed by atoms with E-state index in [4.69, 9.17) is 0 Å². The first-order chi connectivity index (χ1) is 9.71. The molecule has 0 aromatic heterocycles. The van der Waals surface area contributed by atoms with Crippen LogP contribution in [0.15, 0.2) is 48.5 Å². The first-order valence-corrected chi connectivity index (χ1v) is 6.97. The quantitative estimate of drug-likeness (QED) is 0.899. The topological polar surface area (TPSA) is 44.0 Å². The standard InChI is InChI=1S/C18H17NO/c19-13-18(11-14-4-3-7-17(20)10-14)9-8-15-5-1-2-6-16(15)12-18/h1-7,10,20H,8-9,11-12H2. The zero-order valence-electron chi connectivity index (χ0n) is 11.3. The highest BCUT2D eigenvalue weighted by Crippen LogP contribution is 2.38. The van der Waals surface area contributed by atoms with Gasteiger partial charge in [-0.05, 0) is 54.5 Å². The van der Waals surface area contributed by atoms with Crippen LogP contribution in [0.25, 0.3) is 0 Å². The maximum absolute atomic E-state index is 9.69. The van der Waals surface area contributed by atoms with Crippen LogP contribution in [0, 0.1) is 16.7 Å². The highest BCUT2D eigenvalue weighted by molar-refractivity contribution is 5.35. The lowest BCUT2D eigenvalue weighted by molar-refractivity contribution is 0.339. The number of rotatable bonds is 2. The van der Waals surface area contributed by atoms with Gasteiger partial charge in [-0.3, -0.25) is 0 Å². The number of phenolic OH excluding ortho intramolecular Hbond substituents is 1. The van der Waals surface area contributed by atoms with Crippen molar-refractivity contribution in [3.05, 3.63) is 65.2 Å². The summed E-state index contributed by atoms with van der Waals surface area (Å²) >= 11 is 0. The second-order valence-electron chi connectivity index (χ2n) is 5.68. The molecule has 1 aliphatic rings. The van der Waals surface area contributed by atoms with Crippen molar-refractivity contribution in [1.29, 1.82) is 5.26 Å². The summed E-state index contributed by atoms with van der Waals surface area (Å²) < 4.78 is 0. The van der Waals surface area contributed by atoms with E-state index in [9.17, 15) is 10.4 Å². The zero-order valence-corrected chi connectivity index (χ0v) is 11.3. The molecule has 0 heterocycles. The molecule has 0 saturated heterocycles. The van der Waals surface area contributed by atoms with Crippen molar-refractivity contribution in [2.75, 3.05) is 0 Å². The van der Waals surface area contributed by atoms with Gasteiger partial charge < -0.3 is 5.11 Å². The maximum Gasteiger partial charge on any atom is 0.115 e. The zero-order chi connectivity index (χ0) is 14.0. The number of benzene rings is 2. The van der Waals surface area contributed by atoms with E-state index in [0.717, 1.165) is 24.8 Å². The van der Waals surface area contributed by atoms with E-state index in [0.29, 0.717) is 6.42 Å². The summed E-state index contributed by atoms with van der Waals surface area (Å²) in [6.45, 7) is 0. The highest BCUT2D eigenvalue weighted by Gasteiger charge is 2.34. The van der Waals surface area contributed by atoms with Gasteiger partial charge in [0.2, 0.25) is 0 Å². The molecule has 100 valence electrons. The van der Waals surface area contributed by atoms with Crippen LogP contribution in [0.4, 0.5) is 0 Å². The molecule has 0 fully saturated rings. The molecular weight excluding hydrogens is 246 g/mol. The van der Waals surface area contributed by atoms with Crippen LogP contribution in [0.1, 0.15) is 23.1 Å². The fourth-order valence-electron chi connectivity index (χ4n) is 3.14. The van der Waals surface area contributed by atoms with Gasteiger partial charge in [0.05, 0.1) is 11.5 Å². The summed E-state index contributed by atoms with van der Waals surface area (Å²) in [7, 11) is 0. The third-order valence-corrected chi connectivity index (χ3v) is 4.21. The van der Waals surface area contributed by atoms with Crippen molar-refractivity contribution < 1.29 is 5.11 Å². The fraction of sp³-hybridized carbons (Fsp3) is 0.278. The van der Waals surface area contributed by atoms with Gasteiger partial charge in [0, 0.05) is 0 Å². The second kappa shape index (κ2) is 5.02. The van der Waals surface area contributed by atoms with Gasteiger partial charge in [-0.15, -0.1) is 0 Å². The van der Waals surface area contributed by atoms with E-state index >= 15 is 0 Å². The first kappa shape index (κ1) is 12.7. The van der Waals surface area contributed by atoms with Crippen LogP contribution >= 0.6 is 0 Å². The Morgan fingerprint density at radius 2 is 1.90 bits per heavy atom. The predicted octanol–water partition coefficient (Wildman–Crippen LogP) is 3.63. The summed E-state index contributed by atoms with van der Waals surface area (Å²) in [4.78, 5) is 0. The SMILES string of the molecule is N#CC1(Cc2cccc(O)c2)CCc2ccccc2C1. The Morgan fingerprint density at radius 3 is 2.65 bits per heavy atom. The average molecular weight is 263 g/mol. The summed E-state index contributed by atoms with van der Waals surface area (Å²) in [6.07, 6.45) is 3.35. The Kier molecular flexibility index (Phi) is 3.20. The lowest BCUT2D eigenvalue weighted by Gasteiger charge is -2.32. The van der Waals surface area contributed by atoms with Crippen LogP contribution in [-0.4, -0.2) is 5.11 Å². The van der Waals surface area contributed by atoms with Crippen LogP contribution in [0.3, 0.4) is 0 Å². The average Bonchev–Trinajstić information content (AvgIpc) is 2.47. The van der Waals surface area contributed by atoms with Crippen molar-refractivity contribution in [2.24, 2.45) is 5.41 Å². The van der Waals surface area contributed by atoms with E-state index in [1.807, 2.05) is 18.2 Å². The van der Waals surface area contributed by atoms with Gasteiger partial charge in [-0.2, -0.15) is 5.26 Å². The van der Waals surface area contributed by atoms with Crippen LogP contribution in [0.5, 0.6) is 5.75 Å². The third-order valence-electron chi connectivity index (χ3n) is 4.21. The molecule has 1 unspecified atom stereocenters. The number of aryl methyl sites for hydroxylation is 1. The van der Waals surface area contributed by atoms with Crippen molar-refractivity contribution in [2.45, 2.75) is 25.7 Å². The Morgan fingerprint density at radius 1 is 1.10 bits per heavy atom. The number of nitrogens with zero attached hydrogens (tertiary/aromatic N) is 1. The Bertz CT molecular complexity index is 671. The van der Waals surface area contributed by atoms with Gasteiger partial charge in [0.15, 0.2) is 0 Å². The smallest absolute Gasteiger partial charge is 0.115 e. The molecule has 0 saturated carbocycles. The van der Waals surface area contributed by atoms with Gasteiger partial charge in [0.25, 0.3) is 0 Å². The molecule has 2 heteroatoms. The van der Waals surface area contributed by atoms with E-state index in [-0.39, 0.29) is 11.2 Å². The number of nitriles is 1. The summed E-state index contributed by atoms with van der Waals surface area (Å²) in [5, 5.41) is 19.3. The molecule has 1 atom stereocenters. The maximum atomic E-state index is 9.69. The van der Waals surface area contributed by atoms with E-state index in [2.05, 4.69) is 24.3 Å². The first-order valence-electron chi connectivity index (χ1n) is 6.97. The lowest BCUT2D eigenvalue weighted by Crippen LogP contribution is -2.29. The Balaban J connectivity index is 1.89. The number of hydrogen-bond acceptors (Lipinski definition) is 2. The molecule has 2 aromatic rings. The number of fused-ring (bicyclic) bond motifs is 1. The Hall–Kier alpha value is -2.27. The van der Waals surface area contributed by atoms with Crippen LogP contribution in [-0.2, 0) is 19.3 Å².